The van der Waals surface area contributed by atoms with E-state index in [0.717, 1.165) is 19.3 Å². The van der Waals surface area contributed by atoms with Crippen molar-refractivity contribution in [2.75, 3.05) is 0 Å². The van der Waals surface area contributed by atoms with Crippen LogP contribution in [-0.4, -0.2) is 4.57 Å². The maximum atomic E-state index is 2.51. The van der Waals surface area contributed by atoms with Crippen molar-refractivity contribution in [3.63, 3.8) is 0 Å². The predicted octanol–water partition coefficient (Wildman–Crippen LogP) is 14.0. The third-order valence-electron chi connectivity index (χ3n) is 12.4. The van der Waals surface area contributed by atoms with Crippen LogP contribution in [0.4, 0.5) is 0 Å². The van der Waals surface area contributed by atoms with Crippen molar-refractivity contribution in [3.8, 4) is 27.9 Å². The molecule has 1 nitrogen and oxygen atoms in total. The standard InChI is InChI=1S/C50H35NS/c1-50(2)43-17-9-7-13-34(43)39-27-40-35-14-8-10-18-45(35)51(46(40)28-44(39)50)30-20-24-48-42(26-30)41-25-29(19-23-47(41)52-48)31-21-22-38-33-12-4-3-11-32(33)37-16-6-5-15-36(31)49(37)38/h5,7-28H,3-4,6H2,1-2H3. The maximum absolute atomic E-state index is 2.51. The zero-order valence-corrected chi connectivity index (χ0v) is 30.1. The van der Waals surface area contributed by atoms with E-state index >= 15 is 0 Å². The molecule has 4 aliphatic carbocycles. The molecular formula is C50H35NS. The molecule has 52 heavy (non-hydrogen) atoms. The molecule has 6 aromatic carbocycles. The average Bonchev–Trinajstić information content (AvgIpc) is 3.82. The van der Waals surface area contributed by atoms with E-state index in [-0.39, 0.29) is 5.41 Å². The van der Waals surface area contributed by atoms with Gasteiger partial charge in [0, 0.05) is 42.0 Å². The van der Waals surface area contributed by atoms with Crippen LogP contribution in [0.1, 0.15) is 60.9 Å². The highest BCUT2D eigenvalue weighted by Crippen LogP contribution is 2.53. The number of nitrogens with zero attached hydrogens (tertiary/aromatic N) is 1. The van der Waals surface area contributed by atoms with E-state index in [0.29, 0.717) is 0 Å². The first-order chi connectivity index (χ1) is 25.5. The SMILES string of the molecule is CC1(C)c2ccccc2-c2cc3c4ccccc4n(-c4ccc5sc6ccc(-c7ccc8c9c7C=CCC=C9C7=CCCC=C78)cc6c5c4)c3cc21. The molecule has 2 heteroatoms. The number of hydrogen-bond acceptors (Lipinski definition) is 1. The van der Waals surface area contributed by atoms with Crippen molar-refractivity contribution in [1.82, 2.24) is 4.57 Å². The van der Waals surface area contributed by atoms with Gasteiger partial charge in [-0.05, 0) is 135 Å². The van der Waals surface area contributed by atoms with Crippen LogP contribution in [0.3, 0.4) is 0 Å². The van der Waals surface area contributed by atoms with Crippen LogP contribution in [0.15, 0.2) is 139 Å². The summed E-state index contributed by atoms with van der Waals surface area (Å²) in [4.78, 5) is 0. The van der Waals surface area contributed by atoms with Crippen LogP contribution in [0.5, 0.6) is 0 Å². The van der Waals surface area contributed by atoms with Gasteiger partial charge in [-0.3, -0.25) is 0 Å². The van der Waals surface area contributed by atoms with Gasteiger partial charge >= 0.3 is 0 Å². The minimum Gasteiger partial charge on any atom is -0.309 e. The largest absolute Gasteiger partial charge is 0.309 e. The van der Waals surface area contributed by atoms with Gasteiger partial charge in [0.1, 0.15) is 0 Å². The summed E-state index contributed by atoms with van der Waals surface area (Å²) in [5, 5.41) is 5.27. The molecule has 0 saturated heterocycles. The number of allylic oxidation sites excluding steroid dienone is 7. The van der Waals surface area contributed by atoms with Crippen molar-refractivity contribution in [2.24, 2.45) is 0 Å². The zero-order chi connectivity index (χ0) is 34.3. The van der Waals surface area contributed by atoms with Gasteiger partial charge in [-0.25, -0.2) is 0 Å². The van der Waals surface area contributed by atoms with Gasteiger partial charge in [-0.15, -0.1) is 11.3 Å². The monoisotopic (exact) mass is 681 g/mol. The summed E-state index contributed by atoms with van der Waals surface area (Å²) in [7, 11) is 0. The molecule has 246 valence electrons. The molecule has 0 atom stereocenters. The van der Waals surface area contributed by atoms with Gasteiger partial charge in [0.15, 0.2) is 0 Å². The minimum atomic E-state index is -0.0567. The van der Waals surface area contributed by atoms with E-state index < -0.39 is 0 Å². The van der Waals surface area contributed by atoms with E-state index in [9.17, 15) is 0 Å². The molecule has 2 heterocycles. The van der Waals surface area contributed by atoms with E-state index in [4.69, 9.17) is 0 Å². The Hall–Kier alpha value is -5.70. The Balaban J connectivity index is 1.06. The second kappa shape index (κ2) is 10.2. The number of para-hydroxylation sites is 1. The van der Waals surface area contributed by atoms with Crippen molar-refractivity contribution >= 4 is 70.5 Å². The Bertz CT molecular complexity index is 3060. The smallest absolute Gasteiger partial charge is 0.0544 e. The second-order valence-electron chi connectivity index (χ2n) is 15.4. The van der Waals surface area contributed by atoms with Crippen LogP contribution < -0.4 is 0 Å². The molecule has 0 fully saturated rings. The highest BCUT2D eigenvalue weighted by atomic mass is 32.1. The molecule has 0 aliphatic heterocycles. The van der Waals surface area contributed by atoms with Gasteiger partial charge in [-0.2, -0.15) is 0 Å². The second-order valence-corrected chi connectivity index (χ2v) is 16.5. The van der Waals surface area contributed by atoms with Gasteiger partial charge in [0.05, 0.1) is 11.0 Å². The van der Waals surface area contributed by atoms with Crippen molar-refractivity contribution in [3.05, 3.63) is 167 Å². The third kappa shape index (κ3) is 3.73. The Morgan fingerprint density at radius 1 is 0.558 bits per heavy atom. The molecule has 0 spiro atoms. The summed E-state index contributed by atoms with van der Waals surface area (Å²) in [5.41, 5.74) is 20.3. The fraction of sp³-hybridized carbons (Fsp3) is 0.120. The number of benzene rings is 6. The van der Waals surface area contributed by atoms with Crippen molar-refractivity contribution in [1.29, 1.82) is 0 Å². The first kappa shape index (κ1) is 28.9. The molecule has 12 rings (SSSR count). The van der Waals surface area contributed by atoms with Gasteiger partial charge in [0.2, 0.25) is 0 Å². The Labute approximate surface area is 307 Å². The zero-order valence-electron chi connectivity index (χ0n) is 29.3. The normalized spacial score (nSPS) is 16.5. The first-order valence-corrected chi connectivity index (χ1v) is 19.5. The number of rotatable bonds is 2. The molecule has 0 unspecified atom stereocenters. The quantitative estimate of drug-likeness (QED) is 0.171. The highest BCUT2D eigenvalue weighted by molar-refractivity contribution is 7.25. The fourth-order valence-corrected chi connectivity index (χ4v) is 11.0. The van der Waals surface area contributed by atoms with Crippen LogP contribution in [0.2, 0.25) is 0 Å². The van der Waals surface area contributed by atoms with Gasteiger partial charge in [-0.1, -0.05) is 105 Å². The third-order valence-corrected chi connectivity index (χ3v) is 13.5. The first-order valence-electron chi connectivity index (χ1n) is 18.6. The van der Waals surface area contributed by atoms with E-state index in [1.807, 2.05) is 11.3 Å². The van der Waals surface area contributed by atoms with Gasteiger partial charge < -0.3 is 4.57 Å². The molecule has 0 amide bonds. The lowest BCUT2D eigenvalue weighted by Crippen LogP contribution is -2.14. The summed E-state index contributed by atoms with van der Waals surface area (Å²) in [6.45, 7) is 4.76. The van der Waals surface area contributed by atoms with Crippen LogP contribution in [0, 0.1) is 0 Å². The summed E-state index contributed by atoms with van der Waals surface area (Å²) in [5.74, 6) is 0. The molecule has 2 aromatic heterocycles. The topological polar surface area (TPSA) is 4.93 Å². The van der Waals surface area contributed by atoms with Crippen molar-refractivity contribution in [2.45, 2.75) is 38.5 Å². The van der Waals surface area contributed by atoms with Crippen LogP contribution >= 0.6 is 11.3 Å². The summed E-state index contributed by atoms with van der Waals surface area (Å²) < 4.78 is 5.17. The van der Waals surface area contributed by atoms with Crippen LogP contribution in [0.25, 0.3) is 87.1 Å². The summed E-state index contributed by atoms with van der Waals surface area (Å²) in [6.07, 6.45) is 15.3. The lowest BCUT2D eigenvalue weighted by atomic mass is 9.82. The van der Waals surface area contributed by atoms with Gasteiger partial charge in [0.25, 0.3) is 0 Å². The lowest BCUT2D eigenvalue weighted by Gasteiger charge is -2.21. The van der Waals surface area contributed by atoms with E-state index in [1.54, 1.807) is 0 Å². The number of thiophene rings is 1. The molecule has 0 radical (unpaired) electrons. The minimum absolute atomic E-state index is 0.0567. The Morgan fingerprint density at radius 3 is 2.27 bits per heavy atom. The molecule has 0 bridgehead atoms. The molecular weight excluding hydrogens is 647 g/mol. The number of aromatic nitrogens is 1. The number of fused-ring (bicyclic) bond motifs is 12. The fourth-order valence-electron chi connectivity index (χ4n) is 9.98. The average molecular weight is 682 g/mol. The van der Waals surface area contributed by atoms with Crippen molar-refractivity contribution < 1.29 is 0 Å². The van der Waals surface area contributed by atoms with E-state index in [2.05, 4.69) is 158 Å². The predicted molar refractivity (Wildman–Crippen MR) is 224 cm³/mol. The molecule has 8 aromatic rings. The molecule has 0 saturated carbocycles. The van der Waals surface area contributed by atoms with Crippen LogP contribution in [-0.2, 0) is 5.41 Å². The summed E-state index contributed by atoms with van der Waals surface area (Å²) >= 11 is 1.90. The number of hydrogen-bond donors (Lipinski definition) is 0. The van der Waals surface area contributed by atoms with E-state index in [1.165, 1.54) is 114 Å². The molecule has 0 N–H and O–H groups in total. The Morgan fingerprint density at radius 2 is 1.35 bits per heavy atom. The summed E-state index contributed by atoms with van der Waals surface area (Å²) in [6, 6.07) is 41.9. The maximum Gasteiger partial charge on any atom is 0.0544 e. The highest BCUT2D eigenvalue weighted by Gasteiger charge is 2.36. The molecule has 4 aliphatic rings. The lowest BCUT2D eigenvalue weighted by molar-refractivity contribution is 0.661. The Kier molecular flexibility index (Phi) is 5.68.